The molecule has 0 aliphatic heterocycles. The lowest BCUT2D eigenvalue weighted by Gasteiger charge is -2.05. The Morgan fingerprint density at radius 3 is 2.72 bits per heavy atom. The minimum atomic E-state index is -0.514. The van der Waals surface area contributed by atoms with E-state index in [0.717, 1.165) is 15.8 Å². The Bertz CT molecular complexity index is 612. The summed E-state index contributed by atoms with van der Waals surface area (Å²) in [5.74, 6) is -0.369. The molecule has 0 atom stereocenters. The highest BCUT2D eigenvalue weighted by Crippen LogP contribution is 2.25. The fourth-order valence-corrected chi connectivity index (χ4v) is 2.38. The quantitative estimate of drug-likeness (QED) is 0.690. The zero-order valence-corrected chi connectivity index (χ0v) is 11.3. The molecule has 1 aromatic carbocycles. The van der Waals surface area contributed by atoms with Gasteiger partial charge in [0.15, 0.2) is 0 Å². The van der Waals surface area contributed by atoms with Gasteiger partial charge in [0.25, 0.3) is 5.91 Å². The standard InChI is InChI=1S/C11H7BrN2O3S/c12-8-3-1-2-4-9(8)13-11(15)7-5-10(14(16)17)18-6-7/h1-6H,(H,13,15). The summed E-state index contributed by atoms with van der Waals surface area (Å²) < 4.78 is 0.753. The molecule has 0 radical (unpaired) electrons. The normalized spacial score (nSPS) is 10.1. The Kier molecular flexibility index (Phi) is 3.73. The zero-order valence-electron chi connectivity index (χ0n) is 8.92. The molecule has 5 nitrogen and oxygen atoms in total. The summed E-state index contributed by atoms with van der Waals surface area (Å²) in [4.78, 5) is 21.9. The Labute approximate surface area is 115 Å². The van der Waals surface area contributed by atoms with Crippen LogP contribution < -0.4 is 5.32 Å². The molecule has 1 aromatic heterocycles. The highest BCUT2D eigenvalue weighted by molar-refractivity contribution is 9.10. The number of amides is 1. The summed E-state index contributed by atoms with van der Waals surface area (Å²) in [6, 6.07) is 8.41. The number of nitrogens with one attached hydrogen (secondary N) is 1. The number of carbonyl (C=O) groups excluding carboxylic acids is 1. The van der Waals surface area contributed by atoms with Crippen LogP contribution in [0.5, 0.6) is 0 Å². The predicted molar refractivity (Wildman–Crippen MR) is 73.1 cm³/mol. The maximum absolute atomic E-state index is 11.9. The van der Waals surface area contributed by atoms with E-state index in [0.29, 0.717) is 5.69 Å². The number of halogens is 1. The number of hydrogen-bond donors (Lipinski definition) is 1. The van der Waals surface area contributed by atoms with Crippen LogP contribution in [0.3, 0.4) is 0 Å². The van der Waals surface area contributed by atoms with E-state index < -0.39 is 4.92 Å². The minimum Gasteiger partial charge on any atom is -0.321 e. The molecular formula is C11H7BrN2O3S. The van der Waals surface area contributed by atoms with Gasteiger partial charge in [-0.15, -0.1) is 0 Å². The van der Waals surface area contributed by atoms with Crippen LogP contribution in [0.4, 0.5) is 10.7 Å². The third-order valence-corrected chi connectivity index (χ3v) is 3.72. The molecule has 0 spiro atoms. The van der Waals surface area contributed by atoms with Gasteiger partial charge in [0.2, 0.25) is 0 Å². The number of carbonyl (C=O) groups is 1. The molecule has 92 valence electrons. The van der Waals surface area contributed by atoms with Crippen molar-refractivity contribution in [1.82, 2.24) is 0 Å². The SMILES string of the molecule is O=C(Nc1ccccc1Br)c1csc([N+](=O)[O-])c1. The first kappa shape index (κ1) is 12.7. The molecule has 1 amide bonds. The molecule has 0 aliphatic carbocycles. The summed E-state index contributed by atoms with van der Waals surface area (Å²) in [7, 11) is 0. The van der Waals surface area contributed by atoms with Gasteiger partial charge in [0.05, 0.1) is 16.2 Å². The van der Waals surface area contributed by atoms with E-state index in [1.165, 1.54) is 11.4 Å². The molecule has 0 unspecified atom stereocenters. The largest absolute Gasteiger partial charge is 0.324 e. The van der Waals surface area contributed by atoms with Gasteiger partial charge in [-0.2, -0.15) is 0 Å². The lowest BCUT2D eigenvalue weighted by molar-refractivity contribution is -0.380. The summed E-state index contributed by atoms with van der Waals surface area (Å²) >= 11 is 4.23. The number of rotatable bonds is 3. The van der Waals surface area contributed by atoms with Crippen LogP contribution in [0.25, 0.3) is 0 Å². The molecule has 1 heterocycles. The maximum Gasteiger partial charge on any atom is 0.324 e. The smallest absolute Gasteiger partial charge is 0.321 e. The first-order valence-corrected chi connectivity index (χ1v) is 6.54. The van der Waals surface area contributed by atoms with Crippen molar-refractivity contribution in [2.75, 3.05) is 5.32 Å². The number of anilines is 1. The van der Waals surface area contributed by atoms with Crippen molar-refractivity contribution in [2.45, 2.75) is 0 Å². The van der Waals surface area contributed by atoms with Gasteiger partial charge in [-0.1, -0.05) is 23.5 Å². The number of benzene rings is 1. The van der Waals surface area contributed by atoms with Crippen LogP contribution >= 0.6 is 27.3 Å². The first-order valence-electron chi connectivity index (χ1n) is 4.87. The van der Waals surface area contributed by atoms with E-state index in [1.54, 1.807) is 18.2 Å². The van der Waals surface area contributed by atoms with Crippen LogP contribution in [0.2, 0.25) is 0 Å². The molecule has 1 N–H and O–H groups in total. The summed E-state index contributed by atoms with van der Waals surface area (Å²) in [5, 5.41) is 14.6. The van der Waals surface area contributed by atoms with Gasteiger partial charge in [-0.05, 0) is 28.1 Å². The number of hydrogen-bond acceptors (Lipinski definition) is 4. The van der Waals surface area contributed by atoms with E-state index in [2.05, 4.69) is 21.2 Å². The second-order valence-corrected chi connectivity index (χ2v) is 5.11. The molecule has 7 heteroatoms. The van der Waals surface area contributed by atoms with Gasteiger partial charge in [0, 0.05) is 15.9 Å². The van der Waals surface area contributed by atoms with Crippen LogP contribution in [-0.4, -0.2) is 10.8 Å². The average molecular weight is 327 g/mol. The van der Waals surface area contributed by atoms with Gasteiger partial charge in [-0.3, -0.25) is 14.9 Å². The number of thiophene rings is 1. The van der Waals surface area contributed by atoms with E-state index in [-0.39, 0.29) is 16.5 Å². The molecule has 0 saturated carbocycles. The van der Waals surface area contributed by atoms with Gasteiger partial charge >= 0.3 is 5.00 Å². The number of nitro groups is 1. The van der Waals surface area contributed by atoms with Crippen LogP contribution in [0, 0.1) is 10.1 Å². The molecule has 2 rings (SSSR count). The summed E-state index contributed by atoms with van der Waals surface area (Å²) in [5.41, 5.74) is 0.902. The Hall–Kier alpha value is -1.73. The Morgan fingerprint density at radius 1 is 1.39 bits per heavy atom. The number of para-hydroxylation sites is 1. The fraction of sp³-hybridized carbons (Fsp3) is 0. The molecule has 0 bridgehead atoms. The van der Waals surface area contributed by atoms with Crippen LogP contribution in [0.1, 0.15) is 10.4 Å². The molecule has 0 fully saturated rings. The third kappa shape index (κ3) is 2.74. The molecular weight excluding hydrogens is 320 g/mol. The van der Waals surface area contributed by atoms with Crippen LogP contribution in [0.15, 0.2) is 40.2 Å². The van der Waals surface area contributed by atoms with Crippen molar-refractivity contribution >= 4 is 43.9 Å². The number of nitrogens with zero attached hydrogens (tertiary/aromatic N) is 1. The van der Waals surface area contributed by atoms with Crippen molar-refractivity contribution in [2.24, 2.45) is 0 Å². The topological polar surface area (TPSA) is 72.2 Å². The second kappa shape index (κ2) is 5.28. The lowest BCUT2D eigenvalue weighted by atomic mass is 10.3. The maximum atomic E-state index is 11.9. The highest BCUT2D eigenvalue weighted by Gasteiger charge is 2.15. The molecule has 18 heavy (non-hydrogen) atoms. The first-order chi connectivity index (χ1) is 8.58. The van der Waals surface area contributed by atoms with Crippen LogP contribution in [-0.2, 0) is 0 Å². The lowest BCUT2D eigenvalue weighted by Crippen LogP contribution is -2.11. The van der Waals surface area contributed by atoms with Gasteiger partial charge in [0.1, 0.15) is 0 Å². The predicted octanol–water partition coefficient (Wildman–Crippen LogP) is 3.67. The van der Waals surface area contributed by atoms with E-state index >= 15 is 0 Å². The summed E-state index contributed by atoms with van der Waals surface area (Å²) in [6.07, 6.45) is 0. The van der Waals surface area contributed by atoms with E-state index in [1.807, 2.05) is 6.07 Å². The van der Waals surface area contributed by atoms with Crippen molar-refractivity contribution in [3.05, 3.63) is 55.9 Å². The molecule has 2 aromatic rings. The average Bonchev–Trinajstić information content (AvgIpc) is 2.81. The van der Waals surface area contributed by atoms with E-state index in [9.17, 15) is 14.9 Å². The van der Waals surface area contributed by atoms with Gasteiger partial charge < -0.3 is 5.32 Å². The Morgan fingerprint density at radius 2 is 2.11 bits per heavy atom. The van der Waals surface area contributed by atoms with Crippen molar-refractivity contribution in [3.8, 4) is 0 Å². The monoisotopic (exact) mass is 326 g/mol. The minimum absolute atomic E-state index is 0.0488. The third-order valence-electron chi connectivity index (χ3n) is 2.15. The second-order valence-electron chi connectivity index (χ2n) is 3.36. The van der Waals surface area contributed by atoms with Crippen molar-refractivity contribution < 1.29 is 9.72 Å². The molecule has 0 saturated heterocycles. The fourth-order valence-electron chi connectivity index (χ4n) is 1.30. The molecule has 0 aliphatic rings. The summed E-state index contributed by atoms with van der Waals surface area (Å²) in [6.45, 7) is 0. The highest BCUT2D eigenvalue weighted by atomic mass is 79.9. The van der Waals surface area contributed by atoms with Crippen molar-refractivity contribution in [1.29, 1.82) is 0 Å². The van der Waals surface area contributed by atoms with Crippen molar-refractivity contribution in [3.63, 3.8) is 0 Å². The van der Waals surface area contributed by atoms with Gasteiger partial charge in [-0.25, -0.2) is 0 Å². The Balaban J connectivity index is 2.17. The van der Waals surface area contributed by atoms with E-state index in [4.69, 9.17) is 0 Å². The zero-order chi connectivity index (χ0) is 13.1.